The Hall–Kier alpha value is -2.08. The van der Waals surface area contributed by atoms with Crippen LogP contribution in [-0.4, -0.2) is 17.6 Å². The fourth-order valence-corrected chi connectivity index (χ4v) is 2.04. The standard InChI is InChI=1S/C12H14N4OS/c13-11-15-10(8-18-11)6-7-14-12(17)16-9-4-2-1-3-5-9/h1-5,8H,6-7H2,(H2,13,15)(H2,14,16,17). The molecule has 0 aliphatic rings. The number of nitrogens with zero attached hydrogens (tertiary/aromatic N) is 1. The Morgan fingerprint density at radius 2 is 2.11 bits per heavy atom. The van der Waals surface area contributed by atoms with Gasteiger partial charge >= 0.3 is 6.03 Å². The Balaban J connectivity index is 1.72. The zero-order valence-corrected chi connectivity index (χ0v) is 10.5. The number of nitrogen functional groups attached to an aromatic ring is 1. The highest BCUT2D eigenvalue weighted by Crippen LogP contribution is 2.10. The van der Waals surface area contributed by atoms with Crippen LogP contribution in [0.1, 0.15) is 5.69 Å². The molecule has 0 saturated heterocycles. The quantitative estimate of drug-likeness (QED) is 0.789. The summed E-state index contributed by atoms with van der Waals surface area (Å²) in [5, 5.41) is 7.95. The van der Waals surface area contributed by atoms with Crippen molar-refractivity contribution in [2.24, 2.45) is 0 Å². The lowest BCUT2D eigenvalue weighted by Gasteiger charge is -2.06. The second-order valence-corrected chi connectivity index (χ2v) is 4.56. The Kier molecular flexibility index (Phi) is 4.14. The van der Waals surface area contributed by atoms with E-state index in [0.29, 0.717) is 18.1 Å². The van der Waals surface area contributed by atoms with Gasteiger partial charge in [0.15, 0.2) is 5.13 Å². The van der Waals surface area contributed by atoms with E-state index in [4.69, 9.17) is 5.73 Å². The first kappa shape index (κ1) is 12.4. The van der Waals surface area contributed by atoms with Gasteiger partial charge in [0.05, 0.1) is 5.69 Å². The Morgan fingerprint density at radius 3 is 2.78 bits per heavy atom. The summed E-state index contributed by atoms with van der Waals surface area (Å²) in [6.45, 7) is 0.530. The molecule has 0 bridgehead atoms. The highest BCUT2D eigenvalue weighted by molar-refractivity contribution is 7.13. The van der Waals surface area contributed by atoms with E-state index in [2.05, 4.69) is 15.6 Å². The number of benzene rings is 1. The molecule has 5 nitrogen and oxygen atoms in total. The molecule has 94 valence electrons. The highest BCUT2D eigenvalue weighted by Gasteiger charge is 2.02. The van der Waals surface area contributed by atoms with Gasteiger partial charge in [0.25, 0.3) is 0 Å². The average Bonchev–Trinajstić information content (AvgIpc) is 2.76. The summed E-state index contributed by atoms with van der Waals surface area (Å²) in [5.74, 6) is 0. The number of aromatic nitrogens is 1. The minimum atomic E-state index is -0.218. The predicted molar refractivity (Wildman–Crippen MR) is 73.7 cm³/mol. The number of para-hydroxylation sites is 1. The molecule has 18 heavy (non-hydrogen) atoms. The average molecular weight is 262 g/mol. The van der Waals surface area contributed by atoms with Gasteiger partial charge in [0.2, 0.25) is 0 Å². The maximum atomic E-state index is 11.5. The number of carbonyl (C=O) groups is 1. The fraction of sp³-hybridized carbons (Fsp3) is 0.167. The molecule has 0 atom stereocenters. The smallest absolute Gasteiger partial charge is 0.319 e. The Morgan fingerprint density at radius 1 is 1.33 bits per heavy atom. The van der Waals surface area contributed by atoms with Crippen LogP contribution >= 0.6 is 11.3 Å². The van der Waals surface area contributed by atoms with E-state index in [1.807, 2.05) is 35.7 Å². The van der Waals surface area contributed by atoms with Crippen LogP contribution in [0.3, 0.4) is 0 Å². The summed E-state index contributed by atoms with van der Waals surface area (Å²) in [6, 6.07) is 9.09. The van der Waals surface area contributed by atoms with Gasteiger partial charge in [-0.25, -0.2) is 9.78 Å². The molecule has 0 spiro atoms. The van der Waals surface area contributed by atoms with E-state index < -0.39 is 0 Å². The summed E-state index contributed by atoms with van der Waals surface area (Å²) < 4.78 is 0. The van der Waals surface area contributed by atoms with Crippen molar-refractivity contribution < 1.29 is 4.79 Å². The predicted octanol–water partition coefficient (Wildman–Crippen LogP) is 2.09. The minimum Gasteiger partial charge on any atom is -0.375 e. The Labute approximate surface area is 109 Å². The number of thiazole rings is 1. The van der Waals surface area contributed by atoms with Crippen LogP contribution in [0.4, 0.5) is 15.6 Å². The van der Waals surface area contributed by atoms with Crippen LogP contribution < -0.4 is 16.4 Å². The van der Waals surface area contributed by atoms with Gasteiger partial charge in [-0.2, -0.15) is 0 Å². The molecule has 0 aliphatic carbocycles. The lowest BCUT2D eigenvalue weighted by atomic mass is 10.3. The molecule has 2 aromatic rings. The first-order chi connectivity index (χ1) is 8.74. The summed E-state index contributed by atoms with van der Waals surface area (Å²) in [7, 11) is 0. The van der Waals surface area contributed by atoms with Gasteiger partial charge in [-0.1, -0.05) is 18.2 Å². The van der Waals surface area contributed by atoms with Gasteiger partial charge in [-0.05, 0) is 12.1 Å². The molecule has 0 unspecified atom stereocenters. The molecule has 0 aliphatic heterocycles. The van der Waals surface area contributed by atoms with Crippen molar-refractivity contribution in [1.29, 1.82) is 0 Å². The number of urea groups is 1. The number of carbonyl (C=O) groups excluding carboxylic acids is 1. The SMILES string of the molecule is Nc1nc(CCNC(=O)Nc2ccccc2)cs1. The molecule has 6 heteroatoms. The van der Waals surface area contributed by atoms with E-state index in [1.54, 1.807) is 0 Å². The van der Waals surface area contributed by atoms with Crippen LogP contribution in [0, 0.1) is 0 Å². The second-order valence-electron chi connectivity index (χ2n) is 3.67. The van der Waals surface area contributed by atoms with Crippen molar-refractivity contribution in [1.82, 2.24) is 10.3 Å². The van der Waals surface area contributed by atoms with Crippen molar-refractivity contribution in [3.05, 3.63) is 41.4 Å². The topological polar surface area (TPSA) is 80.0 Å². The maximum Gasteiger partial charge on any atom is 0.319 e. The van der Waals surface area contributed by atoms with Crippen molar-refractivity contribution in [3.63, 3.8) is 0 Å². The number of amides is 2. The number of hydrogen-bond acceptors (Lipinski definition) is 4. The molecule has 1 aromatic heterocycles. The molecule has 0 fully saturated rings. The van der Waals surface area contributed by atoms with E-state index in [-0.39, 0.29) is 6.03 Å². The van der Waals surface area contributed by atoms with Crippen LogP contribution in [0.5, 0.6) is 0 Å². The molecule has 2 rings (SSSR count). The number of nitrogens with one attached hydrogen (secondary N) is 2. The van der Waals surface area contributed by atoms with Crippen molar-refractivity contribution in [2.75, 3.05) is 17.6 Å². The summed E-state index contributed by atoms with van der Waals surface area (Å²) in [5.41, 5.74) is 7.19. The number of nitrogens with two attached hydrogens (primary N) is 1. The third-order valence-corrected chi connectivity index (χ3v) is 2.99. The third-order valence-electron chi connectivity index (χ3n) is 2.27. The lowest BCUT2D eigenvalue weighted by Crippen LogP contribution is -2.30. The summed E-state index contributed by atoms with van der Waals surface area (Å²) >= 11 is 1.40. The first-order valence-corrected chi connectivity index (χ1v) is 6.42. The first-order valence-electron chi connectivity index (χ1n) is 5.54. The molecule has 4 N–H and O–H groups in total. The summed E-state index contributed by atoms with van der Waals surface area (Å²) in [4.78, 5) is 15.7. The van der Waals surface area contributed by atoms with Crippen LogP contribution in [0.25, 0.3) is 0 Å². The van der Waals surface area contributed by atoms with Gasteiger partial charge in [0, 0.05) is 24.0 Å². The van der Waals surface area contributed by atoms with E-state index in [1.165, 1.54) is 11.3 Å². The summed E-state index contributed by atoms with van der Waals surface area (Å²) in [6.07, 6.45) is 0.676. The molecule has 0 saturated carbocycles. The minimum absolute atomic E-state index is 0.218. The monoisotopic (exact) mass is 262 g/mol. The molecule has 1 aromatic carbocycles. The number of rotatable bonds is 4. The van der Waals surface area contributed by atoms with Crippen molar-refractivity contribution >= 4 is 28.2 Å². The van der Waals surface area contributed by atoms with Crippen molar-refractivity contribution in [3.8, 4) is 0 Å². The highest BCUT2D eigenvalue weighted by atomic mass is 32.1. The molecule has 1 heterocycles. The fourth-order valence-electron chi connectivity index (χ4n) is 1.44. The molecule has 0 radical (unpaired) electrons. The van der Waals surface area contributed by atoms with Gasteiger partial charge < -0.3 is 16.4 Å². The molecular weight excluding hydrogens is 248 g/mol. The van der Waals surface area contributed by atoms with Gasteiger partial charge in [-0.3, -0.25) is 0 Å². The Bertz CT molecular complexity index is 512. The van der Waals surface area contributed by atoms with Crippen LogP contribution in [0.15, 0.2) is 35.7 Å². The van der Waals surface area contributed by atoms with E-state index in [9.17, 15) is 4.79 Å². The largest absolute Gasteiger partial charge is 0.375 e. The lowest BCUT2D eigenvalue weighted by molar-refractivity contribution is 0.252. The molecular formula is C12H14N4OS. The zero-order valence-electron chi connectivity index (χ0n) is 9.72. The van der Waals surface area contributed by atoms with Crippen molar-refractivity contribution in [2.45, 2.75) is 6.42 Å². The third kappa shape index (κ3) is 3.74. The van der Waals surface area contributed by atoms with E-state index in [0.717, 1.165) is 11.4 Å². The van der Waals surface area contributed by atoms with E-state index >= 15 is 0 Å². The number of anilines is 2. The maximum absolute atomic E-state index is 11.5. The van der Waals surface area contributed by atoms with Crippen LogP contribution in [0.2, 0.25) is 0 Å². The zero-order chi connectivity index (χ0) is 12.8. The molecule has 2 amide bonds. The van der Waals surface area contributed by atoms with Crippen LogP contribution in [-0.2, 0) is 6.42 Å². The van der Waals surface area contributed by atoms with Gasteiger partial charge in [-0.15, -0.1) is 11.3 Å². The normalized spacial score (nSPS) is 10.0. The second kappa shape index (κ2) is 6.02. The number of hydrogen-bond donors (Lipinski definition) is 3. The van der Waals surface area contributed by atoms with Gasteiger partial charge in [0.1, 0.15) is 0 Å².